The molecule has 4 rings (SSSR count). The number of nitrogen functional groups attached to an aromatic ring is 1. The SMILES string of the molecule is Nc1ncnc2c1ncn2[C@@H]1O[C@H](C[C@H](CC[C@H](N)C(=O)O)NCCNCc2ccccc2)[C@@H](O)[C@H]1O. The molecule has 1 aliphatic rings. The Labute approximate surface area is 213 Å². The first kappa shape index (κ1) is 26.9. The molecule has 0 saturated carbocycles. The van der Waals surface area contributed by atoms with E-state index < -0.39 is 36.6 Å². The second-order valence-electron chi connectivity index (χ2n) is 9.20. The highest BCUT2D eigenvalue weighted by Crippen LogP contribution is 2.34. The summed E-state index contributed by atoms with van der Waals surface area (Å²) in [6.45, 7) is 2.01. The van der Waals surface area contributed by atoms with E-state index in [0.29, 0.717) is 37.1 Å². The number of fused-ring (bicyclic) bond motifs is 1. The highest BCUT2D eigenvalue weighted by Gasteiger charge is 2.45. The lowest BCUT2D eigenvalue weighted by Gasteiger charge is -2.24. The first-order valence-electron chi connectivity index (χ1n) is 12.3. The minimum Gasteiger partial charge on any atom is -0.480 e. The van der Waals surface area contributed by atoms with Crippen LogP contribution in [0.15, 0.2) is 43.0 Å². The topological polar surface area (TPSA) is 207 Å². The Morgan fingerprint density at radius 2 is 1.89 bits per heavy atom. The Hall–Kier alpha value is -3.20. The summed E-state index contributed by atoms with van der Waals surface area (Å²) in [5.41, 5.74) is 13.5. The van der Waals surface area contributed by atoms with Crippen molar-refractivity contribution >= 4 is 23.0 Å². The maximum Gasteiger partial charge on any atom is 0.320 e. The van der Waals surface area contributed by atoms with Crippen LogP contribution in [-0.2, 0) is 16.1 Å². The van der Waals surface area contributed by atoms with E-state index in [-0.39, 0.29) is 18.3 Å². The quantitative estimate of drug-likeness (QED) is 0.142. The van der Waals surface area contributed by atoms with Gasteiger partial charge in [-0.3, -0.25) is 9.36 Å². The molecule has 1 aliphatic heterocycles. The fourth-order valence-corrected chi connectivity index (χ4v) is 4.49. The molecular weight excluding hydrogens is 480 g/mol. The summed E-state index contributed by atoms with van der Waals surface area (Å²) in [6.07, 6.45) is -0.256. The summed E-state index contributed by atoms with van der Waals surface area (Å²) in [5, 5.41) is 37.5. The fraction of sp³-hybridized carbons (Fsp3) is 0.500. The van der Waals surface area contributed by atoms with Gasteiger partial charge in [-0.25, -0.2) is 15.0 Å². The van der Waals surface area contributed by atoms with Gasteiger partial charge in [0.25, 0.3) is 0 Å². The normalized spacial score (nSPS) is 23.3. The van der Waals surface area contributed by atoms with Gasteiger partial charge in [0.05, 0.1) is 12.4 Å². The minimum atomic E-state index is -1.23. The summed E-state index contributed by atoms with van der Waals surface area (Å²) in [6, 6.07) is 8.83. The van der Waals surface area contributed by atoms with Crippen LogP contribution in [0, 0.1) is 0 Å². The van der Waals surface area contributed by atoms with Crippen molar-refractivity contribution in [1.82, 2.24) is 30.2 Å². The van der Waals surface area contributed by atoms with Crippen LogP contribution in [0.25, 0.3) is 11.2 Å². The van der Waals surface area contributed by atoms with Gasteiger partial charge in [0, 0.05) is 25.7 Å². The number of carbonyl (C=O) groups is 1. The monoisotopic (exact) mass is 514 g/mol. The van der Waals surface area contributed by atoms with Gasteiger partial charge in [0.15, 0.2) is 17.7 Å². The number of ether oxygens (including phenoxy) is 1. The van der Waals surface area contributed by atoms with Crippen molar-refractivity contribution in [1.29, 1.82) is 0 Å². The standard InChI is InChI=1S/C24H34N8O5/c25-16(24(35)36)7-6-15(28-9-8-27-11-14-4-2-1-3-5-14)10-17-19(33)20(34)23(37-17)32-13-31-18-21(26)29-12-30-22(18)32/h1-5,12-13,15-17,19-20,23,27-28,33-34H,6-11,25H2,(H,35,36)(H2,26,29,30)/t15-,16-,17+,19+,20+,23+/m0/s1. The molecule has 3 aromatic rings. The predicted octanol–water partition coefficient (Wildman–Crippen LogP) is -0.642. The summed E-state index contributed by atoms with van der Waals surface area (Å²) in [5.74, 6) is -0.864. The summed E-state index contributed by atoms with van der Waals surface area (Å²) in [4.78, 5) is 23.5. The van der Waals surface area contributed by atoms with Crippen molar-refractivity contribution in [2.24, 2.45) is 5.73 Å². The molecule has 9 N–H and O–H groups in total. The zero-order chi connectivity index (χ0) is 26.4. The molecule has 0 bridgehead atoms. The molecule has 1 saturated heterocycles. The first-order chi connectivity index (χ1) is 17.8. The molecule has 13 heteroatoms. The molecule has 13 nitrogen and oxygen atoms in total. The molecule has 0 radical (unpaired) electrons. The number of anilines is 1. The molecule has 6 atom stereocenters. The van der Waals surface area contributed by atoms with Crippen LogP contribution in [0.3, 0.4) is 0 Å². The lowest BCUT2D eigenvalue weighted by molar-refractivity contribution is -0.138. The van der Waals surface area contributed by atoms with E-state index in [1.54, 1.807) is 0 Å². The number of imidazole rings is 1. The smallest absolute Gasteiger partial charge is 0.320 e. The largest absolute Gasteiger partial charge is 0.480 e. The first-order valence-corrected chi connectivity index (χ1v) is 12.3. The van der Waals surface area contributed by atoms with Crippen LogP contribution in [0.1, 0.15) is 31.1 Å². The van der Waals surface area contributed by atoms with Crippen molar-refractivity contribution in [3.63, 3.8) is 0 Å². The minimum absolute atomic E-state index is 0.202. The number of nitrogens with zero attached hydrogens (tertiary/aromatic N) is 4. The Morgan fingerprint density at radius 3 is 2.65 bits per heavy atom. The number of aliphatic carboxylic acids is 1. The average molecular weight is 515 g/mol. The van der Waals surface area contributed by atoms with Crippen LogP contribution in [0.2, 0.25) is 0 Å². The number of hydrogen-bond acceptors (Lipinski definition) is 11. The maximum absolute atomic E-state index is 11.2. The Balaban J connectivity index is 1.37. The van der Waals surface area contributed by atoms with Gasteiger partial charge in [0.1, 0.15) is 30.1 Å². The Morgan fingerprint density at radius 1 is 1.11 bits per heavy atom. The number of nitrogens with one attached hydrogen (secondary N) is 2. The molecule has 200 valence electrons. The third kappa shape index (κ3) is 6.57. The lowest BCUT2D eigenvalue weighted by Crippen LogP contribution is -2.41. The number of benzene rings is 1. The van der Waals surface area contributed by atoms with Crippen LogP contribution >= 0.6 is 0 Å². The van der Waals surface area contributed by atoms with E-state index in [2.05, 4.69) is 25.6 Å². The van der Waals surface area contributed by atoms with E-state index in [1.807, 2.05) is 30.3 Å². The number of aliphatic hydroxyl groups is 2. The summed E-state index contributed by atoms with van der Waals surface area (Å²) in [7, 11) is 0. The fourth-order valence-electron chi connectivity index (χ4n) is 4.49. The van der Waals surface area contributed by atoms with Crippen LogP contribution < -0.4 is 22.1 Å². The van der Waals surface area contributed by atoms with E-state index in [1.165, 1.54) is 22.8 Å². The molecule has 2 aromatic heterocycles. The average Bonchev–Trinajstić information content (AvgIpc) is 3.44. The van der Waals surface area contributed by atoms with Crippen LogP contribution in [0.4, 0.5) is 5.82 Å². The molecule has 0 spiro atoms. The Kier molecular flexibility index (Phi) is 8.97. The zero-order valence-corrected chi connectivity index (χ0v) is 20.3. The van der Waals surface area contributed by atoms with E-state index in [0.717, 1.165) is 6.54 Å². The number of rotatable bonds is 13. The Bertz CT molecular complexity index is 1160. The van der Waals surface area contributed by atoms with Gasteiger partial charge < -0.3 is 42.2 Å². The molecule has 37 heavy (non-hydrogen) atoms. The van der Waals surface area contributed by atoms with Gasteiger partial charge in [-0.2, -0.15) is 0 Å². The van der Waals surface area contributed by atoms with E-state index in [9.17, 15) is 20.1 Å². The number of aromatic nitrogens is 4. The third-order valence-electron chi connectivity index (χ3n) is 6.57. The molecular formula is C24H34N8O5. The number of aliphatic hydroxyl groups excluding tert-OH is 2. The van der Waals surface area contributed by atoms with E-state index in [4.69, 9.17) is 16.2 Å². The summed E-state index contributed by atoms with van der Waals surface area (Å²) < 4.78 is 7.59. The molecule has 0 amide bonds. The number of carboxylic acids is 1. The van der Waals surface area contributed by atoms with Gasteiger partial charge in [-0.05, 0) is 24.8 Å². The van der Waals surface area contributed by atoms with Gasteiger partial charge in [0.2, 0.25) is 0 Å². The molecule has 0 aliphatic carbocycles. The molecule has 1 fully saturated rings. The lowest BCUT2D eigenvalue weighted by atomic mass is 9.98. The van der Waals surface area contributed by atoms with Crippen molar-refractivity contribution in [2.45, 2.75) is 62.4 Å². The van der Waals surface area contributed by atoms with Crippen LogP contribution in [0.5, 0.6) is 0 Å². The van der Waals surface area contributed by atoms with E-state index >= 15 is 0 Å². The highest BCUT2D eigenvalue weighted by atomic mass is 16.6. The highest BCUT2D eigenvalue weighted by molar-refractivity contribution is 5.81. The van der Waals surface area contributed by atoms with Gasteiger partial charge in [-0.15, -0.1) is 0 Å². The summed E-state index contributed by atoms with van der Waals surface area (Å²) >= 11 is 0. The van der Waals surface area contributed by atoms with Gasteiger partial charge >= 0.3 is 5.97 Å². The van der Waals surface area contributed by atoms with Gasteiger partial charge in [-0.1, -0.05) is 30.3 Å². The molecule has 0 unspecified atom stereocenters. The predicted molar refractivity (Wildman–Crippen MR) is 135 cm³/mol. The zero-order valence-electron chi connectivity index (χ0n) is 20.3. The van der Waals surface area contributed by atoms with Crippen molar-refractivity contribution in [2.75, 3.05) is 18.8 Å². The molecule has 1 aromatic carbocycles. The maximum atomic E-state index is 11.2. The van der Waals surface area contributed by atoms with Crippen molar-refractivity contribution < 1.29 is 24.9 Å². The number of nitrogens with two attached hydrogens (primary N) is 2. The van der Waals surface area contributed by atoms with Crippen molar-refractivity contribution in [3.8, 4) is 0 Å². The van der Waals surface area contributed by atoms with Crippen LogP contribution in [-0.4, -0.2) is 84.3 Å². The number of carboxylic acid groups (broad SMARTS) is 1. The molecule has 3 heterocycles. The van der Waals surface area contributed by atoms with Crippen molar-refractivity contribution in [3.05, 3.63) is 48.5 Å². The second kappa shape index (κ2) is 12.4. The number of hydrogen-bond donors (Lipinski definition) is 7. The second-order valence-corrected chi connectivity index (χ2v) is 9.20. The third-order valence-corrected chi connectivity index (χ3v) is 6.57.